The molecule has 0 unspecified atom stereocenters. The van der Waals surface area contributed by atoms with E-state index in [4.69, 9.17) is 4.52 Å². The molecule has 1 amide bonds. The lowest BCUT2D eigenvalue weighted by Gasteiger charge is -2.09. The van der Waals surface area contributed by atoms with Crippen molar-refractivity contribution in [2.45, 2.75) is 18.6 Å². The predicted octanol–water partition coefficient (Wildman–Crippen LogP) is 1.58. The van der Waals surface area contributed by atoms with Gasteiger partial charge in [-0.05, 0) is 17.9 Å². The molecule has 22 heavy (non-hydrogen) atoms. The van der Waals surface area contributed by atoms with Gasteiger partial charge in [0.15, 0.2) is 15.7 Å². The average molecular weight is 343 g/mol. The third-order valence-corrected chi connectivity index (χ3v) is 5.36. The van der Waals surface area contributed by atoms with Crippen LogP contribution in [0, 0.1) is 0 Å². The van der Waals surface area contributed by atoms with Crippen molar-refractivity contribution in [3.05, 3.63) is 23.3 Å². The summed E-state index contributed by atoms with van der Waals surface area (Å²) >= 11 is 1.44. The first-order chi connectivity index (χ1) is 10.4. The Morgan fingerprint density at radius 1 is 1.41 bits per heavy atom. The van der Waals surface area contributed by atoms with Crippen LogP contribution >= 0.6 is 11.3 Å². The molecule has 2 rings (SSSR count). The second-order valence-electron chi connectivity index (χ2n) is 4.98. The van der Waals surface area contributed by atoms with E-state index < -0.39 is 9.84 Å². The van der Waals surface area contributed by atoms with Crippen LogP contribution in [0.5, 0.6) is 0 Å². The predicted molar refractivity (Wildman–Crippen MR) is 83.0 cm³/mol. The van der Waals surface area contributed by atoms with Crippen LogP contribution < -0.4 is 0 Å². The van der Waals surface area contributed by atoms with Gasteiger partial charge in [-0.15, -0.1) is 11.3 Å². The van der Waals surface area contributed by atoms with Crippen LogP contribution in [0.25, 0.3) is 10.8 Å². The average Bonchev–Trinajstić information content (AvgIpc) is 3.08. The van der Waals surface area contributed by atoms with Crippen molar-refractivity contribution in [3.8, 4) is 10.8 Å². The van der Waals surface area contributed by atoms with Gasteiger partial charge in [0.25, 0.3) is 5.89 Å². The molecule has 0 aliphatic rings. The Labute approximate surface area is 132 Å². The summed E-state index contributed by atoms with van der Waals surface area (Å²) in [6.45, 7) is 0. The van der Waals surface area contributed by atoms with Gasteiger partial charge in [-0.3, -0.25) is 4.79 Å². The minimum atomic E-state index is -3.36. The van der Waals surface area contributed by atoms with E-state index in [9.17, 15) is 13.2 Å². The molecule has 0 atom stereocenters. The lowest BCUT2D eigenvalue weighted by Crippen LogP contribution is -2.22. The van der Waals surface area contributed by atoms with Gasteiger partial charge in [0, 0.05) is 20.5 Å². The minimum Gasteiger partial charge on any atom is -0.349 e. The number of hydrogen-bond acceptors (Lipinski definition) is 7. The van der Waals surface area contributed by atoms with Crippen LogP contribution in [-0.4, -0.2) is 49.2 Å². The van der Waals surface area contributed by atoms with E-state index in [0.717, 1.165) is 4.88 Å². The van der Waals surface area contributed by atoms with Crippen LogP contribution in [0.3, 0.4) is 0 Å². The van der Waals surface area contributed by atoms with E-state index in [1.165, 1.54) is 16.2 Å². The van der Waals surface area contributed by atoms with Gasteiger partial charge in [-0.25, -0.2) is 8.42 Å². The van der Waals surface area contributed by atoms with Crippen molar-refractivity contribution in [1.82, 2.24) is 15.0 Å². The monoisotopic (exact) mass is 343 g/mol. The first kappa shape index (κ1) is 16.6. The summed E-state index contributed by atoms with van der Waals surface area (Å²) in [4.78, 5) is 17.7. The third-order valence-electron chi connectivity index (χ3n) is 2.89. The zero-order chi connectivity index (χ0) is 16.2. The summed E-state index contributed by atoms with van der Waals surface area (Å²) in [6, 6.07) is 3.67. The van der Waals surface area contributed by atoms with Crippen LogP contribution in [0.2, 0.25) is 0 Å². The molecule has 0 saturated heterocycles. The highest BCUT2D eigenvalue weighted by atomic mass is 32.2. The zero-order valence-corrected chi connectivity index (χ0v) is 14.0. The fraction of sp³-hybridized carbons (Fsp3) is 0.462. The molecule has 0 saturated carbocycles. The van der Waals surface area contributed by atoms with Gasteiger partial charge in [0.05, 0.1) is 10.6 Å². The quantitative estimate of drug-likeness (QED) is 0.758. The lowest BCUT2D eigenvalue weighted by atomic mass is 10.3. The Balaban J connectivity index is 1.90. The number of rotatable bonds is 7. The standard InChI is InChI=1S/C13H17N3O4S2/c1-16(2)12(17)6-4-8-22(18,19)9-11-14-13(20-15-11)10-5-3-7-21-10/h3,5,7H,4,6,8-9H2,1-2H3. The van der Waals surface area contributed by atoms with Crippen LogP contribution in [-0.2, 0) is 20.4 Å². The lowest BCUT2D eigenvalue weighted by molar-refractivity contribution is -0.128. The Morgan fingerprint density at radius 3 is 2.82 bits per heavy atom. The molecule has 0 aromatic carbocycles. The van der Waals surface area contributed by atoms with Gasteiger partial charge in [-0.1, -0.05) is 11.2 Å². The van der Waals surface area contributed by atoms with E-state index >= 15 is 0 Å². The maximum atomic E-state index is 12.0. The molecule has 0 radical (unpaired) electrons. The molecule has 2 heterocycles. The molecule has 9 heteroatoms. The highest BCUT2D eigenvalue weighted by molar-refractivity contribution is 7.90. The molecular formula is C13H17N3O4S2. The van der Waals surface area contributed by atoms with Crippen molar-refractivity contribution in [2.75, 3.05) is 19.8 Å². The Bertz CT molecular complexity index is 720. The fourth-order valence-electron chi connectivity index (χ4n) is 1.75. The van der Waals surface area contributed by atoms with Gasteiger partial charge in [0.1, 0.15) is 5.75 Å². The molecule has 120 valence electrons. The number of sulfone groups is 1. The number of nitrogens with zero attached hydrogens (tertiary/aromatic N) is 3. The number of thiophene rings is 1. The molecule has 2 aromatic rings. The summed E-state index contributed by atoms with van der Waals surface area (Å²) in [5.74, 6) is 0.0214. The van der Waals surface area contributed by atoms with Crippen molar-refractivity contribution in [3.63, 3.8) is 0 Å². The number of aromatic nitrogens is 2. The molecule has 0 N–H and O–H groups in total. The van der Waals surface area contributed by atoms with E-state index in [-0.39, 0.29) is 36.1 Å². The second-order valence-corrected chi connectivity index (χ2v) is 8.11. The van der Waals surface area contributed by atoms with Gasteiger partial charge in [0.2, 0.25) is 5.91 Å². The first-order valence-electron chi connectivity index (χ1n) is 6.64. The number of amides is 1. The van der Waals surface area contributed by atoms with Gasteiger partial charge >= 0.3 is 0 Å². The zero-order valence-electron chi connectivity index (χ0n) is 12.4. The maximum absolute atomic E-state index is 12.0. The topological polar surface area (TPSA) is 93.4 Å². The molecule has 0 aliphatic carbocycles. The summed E-state index contributed by atoms with van der Waals surface area (Å²) in [6.07, 6.45) is 0.494. The van der Waals surface area contributed by atoms with Gasteiger partial charge in [-0.2, -0.15) is 4.98 Å². The molecule has 0 bridgehead atoms. The number of carbonyl (C=O) groups is 1. The van der Waals surface area contributed by atoms with Crippen molar-refractivity contribution < 1.29 is 17.7 Å². The van der Waals surface area contributed by atoms with E-state index in [1.807, 2.05) is 17.5 Å². The SMILES string of the molecule is CN(C)C(=O)CCCS(=O)(=O)Cc1noc(-c2cccs2)n1. The van der Waals surface area contributed by atoms with E-state index in [1.54, 1.807) is 14.1 Å². The van der Waals surface area contributed by atoms with Crippen molar-refractivity contribution in [1.29, 1.82) is 0 Å². The largest absolute Gasteiger partial charge is 0.349 e. The molecule has 0 fully saturated rings. The maximum Gasteiger partial charge on any atom is 0.268 e. The molecule has 7 nitrogen and oxygen atoms in total. The Morgan fingerprint density at radius 2 is 2.18 bits per heavy atom. The highest BCUT2D eigenvalue weighted by Gasteiger charge is 2.18. The Kier molecular flexibility index (Phi) is 5.30. The van der Waals surface area contributed by atoms with E-state index in [0.29, 0.717) is 5.89 Å². The minimum absolute atomic E-state index is 0.0740. The Hall–Kier alpha value is -1.74. The fourth-order valence-corrected chi connectivity index (χ4v) is 3.63. The van der Waals surface area contributed by atoms with Crippen LogP contribution in [0.15, 0.2) is 22.0 Å². The molecule has 0 aliphatic heterocycles. The highest BCUT2D eigenvalue weighted by Crippen LogP contribution is 2.22. The molecular weight excluding hydrogens is 326 g/mol. The third kappa shape index (κ3) is 4.63. The summed E-state index contributed by atoms with van der Waals surface area (Å²) in [5, 5.41) is 5.57. The summed E-state index contributed by atoms with van der Waals surface area (Å²) in [5.41, 5.74) is 0. The summed E-state index contributed by atoms with van der Waals surface area (Å²) in [7, 11) is -0.0816. The van der Waals surface area contributed by atoms with Crippen LogP contribution in [0.1, 0.15) is 18.7 Å². The molecule has 2 aromatic heterocycles. The second kappa shape index (κ2) is 7.01. The van der Waals surface area contributed by atoms with E-state index in [2.05, 4.69) is 10.1 Å². The molecule has 0 spiro atoms. The first-order valence-corrected chi connectivity index (χ1v) is 9.34. The van der Waals surface area contributed by atoms with Crippen molar-refractivity contribution >= 4 is 27.1 Å². The number of hydrogen-bond donors (Lipinski definition) is 0. The normalized spacial score (nSPS) is 11.5. The van der Waals surface area contributed by atoms with Gasteiger partial charge < -0.3 is 9.42 Å². The number of carbonyl (C=O) groups excluding carboxylic acids is 1. The van der Waals surface area contributed by atoms with Crippen LogP contribution in [0.4, 0.5) is 0 Å². The summed E-state index contributed by atoms with van der Waals surface area (Å²) < 4.78 is 29.1. The van der Waals surface area contributed by atoms with Crippen molar-refractivity contribution in [2.24, 2.45) is 0 Å². The smallest absolute Gasteiger partial charge is 0.268 e.